The molecule has 118 valence electrons. The second kappa shape index (κ2) is 5.81. The number of fused-ring (bicyclic) bond motifs is 1. The molecule has 0 atom stereocenters. The Kier molecular flexibility index (Phi) is 3.50. The Labute approximate surface area is 139 Å². The number of benzene rings is 3. The lowest BCUT2D eigenvalue weighted by Crippen LogP contribution is -1.97. The van der Waals surface area contributed by atoms with Gasteiger partial charge in [-0.15, -0.1) is 0 Å². The maximum atomic E-state index is 13.3. The summed E-state index contributed by atoms with van der Waals surface area (Å²) < 4.78 is 20.6. The van der Waals surface area contributed by atoms with Crippen molar-refractivity contribution in [2.45, 2.75) is 0 Å². The minimum Gasteiger partial charge on any atom is -0.497 e. The molecule has 0 aliphatic heterocycles. The first-order valence-corrected chi connectivity index (χ1v) is 7.64. The van der Waals surface area contributed by atoms with Gasteiger partial charge in [0.2, 0.25) is 0 Å². The molecular formula is C20H15FN2O. The van der Waals surface area contributed by atoms with Crippen molar-refractivity contribution in [3.63, 3.8) is 0 Å². The van der Waals surface area contributed by atoms with Gasteiger partial charge in [0, 0.05) is 11.3 Å². The third-order valence-electron chi connectivity index (χ3n) is 3.99. The smallest absolute Gasteiger partial charge is 0.145 e. The van der Waals surface area contributed by atoms with Crippen LogP contribution >= 0.6 is 0 Å². The fraction of sp³-hybridized carbons (Fsp3) is 0.0500. The van der Waals surface area contributed by atoms with E-state index in [1.54, 1.807) is 19.2 Å². The maximum absolute atomic E-state index is 13.3. The number of nitrogens with zero attached hydrogens (tertiary/aromatic N) is 2. The van der Waals surface area contributed by atoms with Crippen molar-refractivity contribution >= 4 is 11.0 Å². The molecule has 0 spiro atoms. The van der Waals surface area contributed by atoms with Gasteiger partial charge in [0.1, 0.15) is 17.4 Å². The molecule has 24 heavy (non-hydrogen) atoms. The van der Waals surface area contributed by atoms with Gasteiger partial charge in [0.25, 0.3) is 0 Å². The highest BCUT2D eigenvalue weighted by molar-refractivity contribution is 5.83. The first-order chi connectivity index (χ1) is 11.8. The van der Waals surface area contributed by atoms with E-state index in [9.17, 15) is 4.39 Å². The van der Waals surface area contributed by atoms with Gasteiger partial charge >= 0.3 is 0 Å². The first-order valence-electron chi connectivity index (χ1n) is 7.64. The van der Waals surface area contributed by atoms with Gasteiger partial charge in [-0.25, -0.2) is 9.37 Å². The number of para-hydroxylation sites is 2. The highest BCUT2D eigenvalue weighted by Gasteiger charge is 2.14. The Morgan fingerprint density at radius 3 is 2.29 bits per heavy atom. The van der Waals surface area contributed by atoms with Crippen molar-refractivity contribution in [3.05, 3.63) is 78.6 Å². The van der Waals surface area contributed by atoms with Crippen molar-refractivity contribution < 1.29 is 9.13 Å². The largest absolute Gasteiger partial charge is 0.497 e. The quantitative estimate of drug-likeness (QED) is 0.540. The maximum Gasteiger partial charge on any atom is 0.145 e. The lowest BCUT2D eigenvalue weighted by atomic mass is 10.2. The van der Waals surface area contributed by atoms with Crippen LogP contribution in [0.15, 0.2) is 72.8 Å². The number of methoxy groups -OCH3 is 1. The van der Waals surface area contributed by atoms with Crippen molar-refractivity contribution in [3.8, 4) is 22.8 Å². The SMILES string of the molecule is COc1ccc(-n2c(-c3ccc(F)cc3)nc3ccccc32)cc1. The minimum atomic E-state index is -0.258. The summed E-state index contributed by atoms with van der Waals surface area (Å²) in [7, 11) is 1.64. The Hall–Kier alpha value is -3.14. The molecule has 0 saturated carbocycles. The van der Waals surface area contributed by atoms with Crippen LogP contribution in [0.1, 0.15) is 0 Å². The molecule has 1 aromatic heterocycles. The van der Waals surface area contributed by atoms with Crippen LogP contribution in [-0.2, 0) is 0 Å². The molecule has 0 radical (unpaired) electrons. The molecule has 3 aromatic carbocycles. The van der Waals surface area contributed by atoms with Gasteiger partial charge in [-0.1, -0.05) is 12.1 Å². The number of hydrogen-bond acceptors (Lipinski definition) is 2. The Balaban J connectivity index is 1.97. The van der Waals surface area contributed by atoms with Crippen LogP contribution in [0.3, 0.4) is 0 Å². The highest BCUT2D eigenvalue weighted by atomic mass is 19.1. The molecule has 4 rings (SSSR count). The van der Waals surface area contributed by atoms with Crippen LogP contribution in [-0.4, -0.2) is 16.7 Å². The summed E-state index contributed by atoms with van der Waals surface area (Å²) in [6, 6.07) is 22.1. The van der Waals surface area contributed by atoms with Crippen molar-refractivity contribution in [2.75, 3.05) is 7.11 Å². The normalized spacial score (nSPS) is 10.9. The predicted octanol–water partition coefficient (Wildman–Crippen LogP) is 4.84. The van der Waals surface area contributed by atoms with Crippen LogP contribution in [0.25, 0.3) is 28.1 Å². The van der Waals surface area contributed by atoms with Gasteiger partial charge in [-0.2, -0.15) is 0 Å². The second-order valence-electron chi connectivity index (χ2n) is 5.46. The van der Waals surface area contributed by atoms with Crippen molar-refractivity contribution in [1.29, 1.82) is 0 Å². The molecular weight excluding hydrogens is 303 g/mol. The predicted molar refractivity (Wildman–Crippen MR) is 93.0 cm³/mol. The fourth-order valence-electron chi connectivity index (χ4n) is 2.81. The molecule has 0 N–H and O–H groups in total. The van der Waals surface area contributed by atoms with E-state index >= 15 is 0 Å². The van der Waals surface area contributed by atoms with Gasteiger partial charge in [-0.3, -0.25) is 4.57 Å². The van der Waals surface area contributed by atoms with Crippen molar-refractivity contribution in [1.82, 2.24) is 9.55 Å². The third-order valence-corrected chi connectivity index (χ3v) is 3.99. The molecule has 0 fully saturated rings. The highest BCUT2D eigenvalue weighted by Crippen LogP contribution is 2.29. The molecule has 0 aliphatic carbocycles. The molecule has 0 unspecified atom stereocenters. The van der Waals surface area contributed by atoms with Crippen molar-refractivity contribution in [2.24, 2.45) is 0 Å². The molecule has 3 nitrogen and oxygen atoms in total. The van der Waals surface area contributed by atoms with Crippen LogP contribution in [0.4, 0.5) is 4.39 Å². The average molecular weight is 318 g/mol. The lowest BCUT2D eigenvalue weighted by Gasteiger charge is -2.10. The molecule has 0 aliphatic rings. The van der Waals surface area contributed by atoms with Gasteiger partial charge in [0.15, 0.2) is 0 Å². The molecule has 4 heteroatoms. The summed E-state index contributed by atoms with van der Waals surface area (Å²) >= 11 is 0. The zero-order chi connectivity index (χ0) is 16.5. The number of ether oxygens (including phenoxy) is 1. The summed E-state index contributed by atoms with van der Waals surface area (Å²) in [6.45, 7) is 0. The fourth-order valence-corrected chi connectivity index (χ4v) is 2.81. The average Bonchev–Trinajstić information content (AvgIpc) is 3.02. The zero-order valence-corrected chi connectivity index (χ0v) is 13.1. The number of rotatable bonds is 3. The third kappa shape index (κ3) is 2.42. The minimum absolute atomic E-state index is 0.258. The van der Waals surface area contributed by atoms with Gasteiger partial charge in [-0.05, 0) is 60.7 Å². The van der Waals surface area contributed by atoms with E-state index in [4.69, 9.17) is 9.72 Å². The zero-order valence-electron chi connectivity index (χ0n) is 13.1. The van der Waals surface area contributed by atoms with Gasteiger partial charge < -0.3 is 4.74 Å². The van der Waals surface area contributed by atoms with E-state index in [0.717, 1.165) is 33.9 Å². The topological polar surface area (TPSA) is 27.1 Å². The monoisotopic (exact) mass is 318 g/mol. The molecule has 0 bridgehead atoms. The van der Waals surface area contributed by atoms with E-state index in [-0.39, 0.29) is 5.82 Å². The summed E-state index contributed by atoms with van der Waals surface area (Å²) in [5.41, 5.74) is 3.74. The Morgan fingerprint density at radius 1 is 0.875 bits per heavy atom. The Bertz CT molecular complexity index is 989. The Morgan fingerprint density at radius 2 is 1.58 bits per heavy atom. The number of hydrogen-bond donors (Lipinski definition) is 0. The van der Waals surface area contributed by atoms with Crippen LogP contribution < -0.4 is 4.74 Å². The summed E-state index contributed by atoms with van der Waals surface area (Å²) in [5.74, 6) is 1.32. The molecule has 0 saturated heterocycles. The molecule has 0 amide bonds. The lowest BCUT2D eigenvalue weighted by molar-refractivity contribution is 0.415. The number of aromatic nitrogens is 2. The standard InChI is InChI=1S/C20H15FN2O/c1-24-17-12-10-16(11-13-17)23-19-5-3-2-4-18(19)22-20(23)14-6-8-15(21)9-7-14/h2-13H,1H3. The van der Waals surface area contributed by atoms with Gasteiger partial charge in [0.05, 0.1) is 18.1 Å². The van der Waals surface area contributed by atoms with Crippen LogP contribution in [0, 0.1) is 5.82 Å². The number of imidazole rings is 1. The first kappa shape index (κ1) is 14.5. The summed E-state index contributed by atoms with van der Waals surface area (Å²) in [5, 5.41) is 0. The van der Waals surface area contributed by atoms with E-state index in [1.807, 2.05) is 48.5 Å². The second-order valence-corrected chi connectivity index (χ2v) is 5.46. The van der Waals surface area contributed by atoms with E-state index in [0.29, 0.717) is 0 Å². The van der Waals surface area contributed by atoms with E-state index < -0.39 is 0 Å². The van der Waals surface area contributed by atoms with E-state index in [1.165, 1.54) is 12.1 Å². The summed E-state index contributed by atoms with van der Waals surface area (Å²) in [4.78, 5) is 4.74. The molecule has 1 heterocycles. The summed E-state index contributed by atoms with van der Waals surface area (Å²) in [6.07, 6.45) is 0. The van der Waals surface area contributed by atoms with Crippen LogP contribution in [0.2, 0.25) is 0 Å². The van der Waals surface area contributed by atoms with Crippen LogP contribution in [0.5, 0.6) is 5.75 Å². The number of halogens is 1. The molecule has 4 aromatic rings. The van der Waals surface area contributed by atoms with E-state index in [2.05, 4.69) is 4.57 Å².